The standard InChI is InChI=1S/C5H4O3S/c6-5-1-3-9(7,8)4-2-5/h1-4H. The van der Waals surface area contributed by atoms with E-state index in [1.165, 1.54) is 0 Å². The third kappa shape index (κ3) is 1.50. The number of hydrogen-bond acceptors (Lipinski definition) is 3. The summed E-state index contributed by atoms with van der Waals surface area (Å²) in [5.74, 6) is -0.287. The Hall–Kier alpha value is -0.900. The Balaban J connectivity index is 3.10. The summed E-state index contributed by atoms with van der Waals surface area (Å²) in [7, 11) is -3.20. The van der Waals surface area contributed by atoms with Crippen molar-refractivity contribution in [1.29, 1.82) is 0 Å². The summed E-state index contributed by atoms with van der Waals surface area (Å²) in [5.41, 5.74) is 0. The van der Waals surface area contributed by atoms with Gasteiger partial charge in [-0.3, -0.25) is 4.79 Å². The van der Waals surface area contributed by atoms with Crippen LogP contribution in [0.1, 0.15) is 0 Å². The highest BCUT2D eigenvalue weighted by molar-refractivity contribution is 7.97. The second-order valence-electron chi connectivity index (χ2n) is 1.60. The minimum Gasteiger partial charge on any atom is -0.290 e. The molecule has 0 amide bonds. The summed E-state index contributed by atoms with van der Waals surface area (Å²) in [6, 6.07) is 0. The summed E-state index contributed by atoms with van der Waals surface area (Å²) in [4.78, 5) is 10.3. The van der Waals surface area contributed by atoms with Crippen molar-refractivity contribution in [2.45, 2.75) is 0 Å². The molecule has 0 aliphatic carbocycles. The highest BCUT2D eigenvalue weighted by atomic mass is 32.2. The van der Waals surface area contributed by atoms with Crippen LogP contribution in [0.2, 0.25) is 0 Å². The van der Waals surface area contributed by atoms with Crippen LogP contribution in [-0.4, -0.2) is 14.2 Å². The monoisotopic (exact) mass is 144 g/mol. The van der Waals surface area contributed by atoms with Gasteiger partial charge in [0.1, 0.15) is 0 Å². The van der Waals surface area contributed by atoms with E-state index in [0.717, 1.165) is 23.0 Å². The van der Waals surface area contributed by atoms with Crippen LogP contribution in [0.5, 0.6) is 0 Å². The Labute approximate surface area is 52.6 Å². The first-order valence-corrected chi connectivity index (χ1v) is 3.86. The lowest BCUT2D eigenvalue weighted by molar-refractivity contribution is -0.110. The first-order valence-electron chi connectivity index (χ1n) is 2.25. The van der Waals surface area contributed by atoms with Crippen LogP contribution < -0.4 is 0 Å². The van der Waals surface area contributed by atoms with Crippen molar-refractivity contribution in [3.63, 3.8) is 0 Å². The molecule has 0 bridgehead atoms. The normalized spacial score (nSPS) is 22.4. The number of carbonyl (C=O) groups is 1. The lowest BCUT2D eigenvalue weighted by atomic mass is 10.4. The Bertz CT molecular complexity index is 259. The molecule has 1 rings (SSSR count). The van der Waals surface area contributed by atoms with E-state index in [4.69, 9.17) is 0 Å². The van der Waals surface area contributed by atoms with E-state index in [1.54, 1.807) is 0 Å². The van der Waals surface area contributed by atoms with Gasteiger partial charge in [0, 0.05) is 10.8 Å². The van der Waals surface area contributed by atoms with Gasteiger partial charge in [-0.05, 0) is 12.2 Å². The predicted molar refractivity (Wildman–Crippen MR) is 32.2 cm³/mol. The minimum atomic E-state index is -3.20. The average Bonchev–Trinajstić information content (AvgIpc) is 1.78. The summed E-state index contributed by atoms with van der Waals surface area (Å²) in [5, 5.41) is 1.77. The van der Waals surface area contributed by atoms with Crippen LogP contribution in [0, 0.1) is 0 Å². The van der Waals surface area contributed by atoms with Gasteiger partial charge in [-0.15, -0.1) is 0 Å². The summed E-state index contributed by atoms with van der Waals surface area (Å²) in [6.45, 7) is 0. The Morgan fingerprint density at radius 1 is 1.11 bits per heavy atom. The fourth-order valence-corrected chi connectivity index (χ4v) is 1.16. The Morgan fingerprint density at radius 2 is 1.56 bits per heavy atom. The van der Waals surface area contributed by atoms with E-state index in [1.807, 2.05) is 0 Å². The topological polar surface area (TPSA) is 51.2 Å². The number of sulfone groups is 1. The van der Waals surface area contributed by atoms with E-state index < -0.39 is 9.84 Å². The number of ketones is 1. The molecule has 1 aliphatic rings. The van der Waals surface area contributed by atoms with Gasteiger partial charge in [0.15, 0.2) is 15.6 Å². The van der Waals surface area contributed by atoms with Crippen LogP contribution >= 0.6 is 0 Å². The molecule has 1 heterocycles. The van der Waals surface area contributed by atoms with E-state index in [2.05, 4.69) is 0 Å². The highest BCUT2D eigenvalue weighted by Gasteiger charge is 2.05. The lowest BCUT2D eigenvalue weighted by Crippen LogP contribution is -1.98. The molecule has 0 saturated heterocycles. The number of hydrogen-bond donors (Lipinski definition) is 0. The van der Waals surface area contributed by atoms with Crippen LogP contribution in [0.3, 0.4) is 0 Å². The van der Waals surface area contributed by atoms with E-state index in [0.29, 0.717) is 0 Å². The second kappa shape index (κ2) is 1.80. The van der Waals surface area contributed by atoms with Gasteiger partial charge in [-0.1, -0.05) is 0 Å². The zero-order valence-electron chi connectivity index (χ0n) is 4.44. The zero-order chi connectivity index (χ0) is 6.91. The third-order valence-corrected chi connectivity index (χ3v) is 1.87. The maximum Gasteiger partial charge on any atom is 0.193 e. The smallest absolute Gasteiger partial charge is 0.193 e. The lowest BCUT2D eigenvalue weighted by Gasteiger charge is -1.91. The molecule has 0 saturated carbocycles. The molecule has 0 N–H and O–H groups in total. The van der Waals surface area contributed by atoms with Gasteiger partial charge in [-0.2, -0.15) is 0 Å². The molecule has 0 unspecified atom stereocenters. The molecule has 0 aromatic rings. The molecule has 0 radical (unpaired) electrons. The summed E-state index contributed by atoms with van der Waals surface area (Å²) < 4.78 is 20.9. The predicted octanol–water partition coefficient (Wildman–Crippen LogP) is 0.0113. The van der Waals surface area contributed by atoms with Gasteiger partial charge < -0.3 is 0 Å². The fourth-order valence-electron chi connectivity index (χ4n) is 0.425. The van der Waals surface area contributed by atoms with Crippen molar-refractivity contribution in [2.24, 2.45) is 0 Å². The molecule has 0 aromatic carbocycles. The molecule has 0 fully saturated rings. The first-order chi connectivity index (χ1) is 4.10. The van der Waals surface area contributed by atoms with Crippen LogP contribution in [0.25, 0.3) is 0 Å². The zero-order valence-corrected chi connectivity index (χ0v) is 5.26. The highest BCUT2D eigenvalue weighted by Crippen LogP contribution is 2.01. The maximum absolute atomic E-state index is 10.5. The van der Waals surface area contributed by atoms with Crippen molar-refractivity contribution in [1.82, 2.24) is 0 Å². The number of allylic oxidation sites excluding steroid dienone is 2. The third-order valence-electron chi connectivity index (χ3n) is 0.844. The summed E-state index contributed by atoms with van der Waals surface area (Å²) >= 11 is 0. The van der Waals surface area contributed by atoms with Crippen molar-refractivity contribution in [3.8, 4) is 0 Å². The van der Waals surface area contributed by atoms with Gasteiger partial charge >= 0.3 is 0 Å². The fraction of sp³-hybridized carbons (Fsp3) is 0. The number of rotatable bonds is 0. The van der Waals surface area contributed by atoms with Gasteiger partial charge in [0.05, 0.1) is 0 Å². The largest absolute Gasteiger partial charge is 0.290 e. The molecule has 1 aliphatic heterocycles. The molecular formula is C5H4O3S. The SMILES string of the molecule is O=C1C=CS(=O)(=O)C=C1. The molecule has 48 valence electrons. The average molecular weight is 144 g/mol. The van der Waals surface area contributed by atoms with Gasteiger partial charge in [0.2, 0.25) is 0 Å². The quantitative estimate of drug-likeness (QED) is 0.481. The van der Waals surface area contributed by atoms with E-state index >= 15 is 0 Å². The van der Waals surface area contributed by atoms with Gasteiger partial charge in [-0.25, -0.2) is 8.42 Å². The minimum absolute atomic E-state index is 0.287. The van der Waals surface area contributed by atoms with Crippen molar-refractivity contribution >= 4 is 15.6 Å². The van der Waals surface area contributed by atoms with Crippen LogP contribution in [-0.2, 0) is 14.6 Å². The van der Waals surface area contributed by atoms with Crippen molar-refractivity contribution in [2.75, 3.05) is 0 Å². The van der Waals surface area contributed by atoms with Crippen LogP contribution in [0.4, 0.5) is 0 Å². The van der Waals surface area contributed by atoms with Crippen molar-refractivity contribution in [3.05, 3.63) is 23.0 Å². The van der Waals surface area contributed by atoms with E-state index in [9.17, 15) is 13.2 Å². The molecule has 0 aromatic heterocycles. The molecular weight excluding hydrogens is 140 g/mol. The molecule has 0 spiro atoms. The van der Waals surface area contributed by atoms with Crippen LogP contribution in [0.15, 0.2) is 23.0 Å². The van der Waals surface area contributed by atoms with Crippen molar-refractivity contribution < 1.29 is 13.2 Å². The van der Waals surface area contributed by atoms with E-state index in [-0.39, 0.29) is 5.78 Å². The molecule has 4 heteroatoms. The maximum atomic E-state index is 10.5. The second-order valence-corrected chi connectivity index (χ2v) is 3.32. The Morgan fingerprint density at radius 3 is 1.89 bits per heavy atom. The molecule has 0 atom stereocenters. The Kier molecular flexibility index (Phi) is 1.25. The first kappa shape index (κ1) is 6.22. The number of carbonyl (C=O) groups excluding carboxylic acids is 1. The van der Waals surface area contributed by atoms with Gasteiger partial charge in [0.25, 0.3) is 0 Å². The summed E-state index contributed by atoms with van der Waals surface area (Å²) in [6.07, 6.45) is 2.05. The molecule has 9 heavy (non-hydrogen) atoms. The molecule has 3 nitrogen and oxygen atoms in total.